The van der Waals surface area contributed by atoms with Gasteiger partial charge in [0.05, 0.1) is 18.3 Å². The number of ether oxygens (including phenoxy) is 1. The molecule has 2 aromatic heterocycles. The van der Waals surface area contributed by atoms with E-state index in [2.05, 4.69) is 15.6 Å². The maximum absolute atomic E-state index is 12.2. The number of halogens is 1. The molecule has 0 bridgehead atoms. The minimum absolute atomic E-state index is 0.0342. The van der Waals surface area contributed by atoms with Crippen LogP contribution in [0.1, 0.15) is 12.8 Å². The van der Waals surface area contributed by atoms with E-state index in [1.165, 1.54) is 16.2 Å². The van der Waals surface area contributed by atoms with Crippen molar-refractivity contribution >= 4 is 46.1 Å². The van der Waals surface area contributed by atoms with Crippen LogP contribution in [-0.2, 0) is 23.7 Å². The van der Waals surface area contributed by atoms with Gasteiger partial charge >= 0.3 is 5.69 Å². The van der Waals surface area contributed by atoms with E-state index in [1.54, 1.807) is 44.4 Å². The molecule has 152 valence electrons. The molecule has 0 aliphatic rings. The molecule has 9 nitrogen and oxygen atoms in total. The molecule has 10 heteroatoms. The van der Waals surface area contributed by atoms with Crippen LogP contribution in [0.3, 0.4) is 0 Å². The third-order valence-corrected chi connectivity index (χ3v) is 4.62. The number of hydrogen-bond acceptors (Lipinski definition) is 5. The second kappa shape index (κ2) is 8.36. The molecule has 0 aliphatic carbocycles. The Bertz CT molecular complexity index is 1150. The van der Waals surface area contributed by atoms with E-state index >= 15 is 0 Å². The Hall–Kier alpha value is -3.33. The second-order valence-electron chi connectivity index (χ2n) is 6.38. The van der Waals surface area contributed by atoms with E-state index in [0.29, 0.717) is 33.4 Å². The molecule has 0 saturated heterocycles. The molecule has 0 spiro atoms. The van der Waals surface area contributed by atoms with Gasteiger partial charge in [-0.3, -0.25) is 18.7 Å². The number of benzene rings is 1. The van der Waals surface area contributed by atoms with Crippen molar-refractivity contribution in [3.8, 4) is 5.75 Å². The predicted molar refractivity (Wildman–Crippen MR) is 110 cm³/mol. The zero-order chi connectivity index (χ0) is 21.1. The van der Waals surface area contributed by atoms with Crippen LogP contribution in [0, 0.1) is 0 Å². The zero-order valence-corrected chi connectivity index (χ0v) is 16.9. The Morgan fingerprint density at radius 1 is 1.07 bits per heavy atom. The fraction of sp³-hybridized carbons (Fsp3) is 0.263. The molecule has 3 rings (SSSR count). The van der Waals surface area contributed by atoms with Gasteiger partial charge in [0.2, 0.25) is 11.8 Å². The van der Waals surface area contributed by atoms with Crippen molar-refractivity contribution in [1.29, 1.82) is 0 Å². The largest absolute Gasteiger partial charge is 0.495 e. The summed E-state index contributed by atoms with van der Waals surface area (Å²) in [5.41, 5.74) is 1.35. The predicted octanol–water partition coefficient (Wildman–Crippen LogP) is 2.29. The number of nitrogens with zero attached hydrogens (tertiary/aromatic N) is 3. The fourth-order valence-corrected chi connectivity index (χ4v) is 3.03. The van der Waals surface area contributed by atoms with E-state index in [-0.39, 0.29) is 30.3 Å². The minimum Gasteiger partial charge on any atom is -0.495 e. The number of rotatable bonds is 6. The average molecular weight is 418 g/mol. The topological polar surface area (TPSA) is 107 Å². The van der Waals surface area contributed by atoms with Crippen molar-refractivity contribution in [3.05, 3.63) is 45.8 Å². The highest BCUT2D eigenvalue weighted by Crippen LogP contribution is 2.27. The number of nitrogens with one attached hydrogen (secondary N) is 2. The summed E-state index contributed by atoms with van der Waals surface area (Å²) in [4.78, 5) is 40.6. The lowest BCUT2D eigenvalue weighted by molar-refractivity contribution is -0.121. The summed E-state index contributed by atoms with van der Waals surface area (Å²) >= 11 is 5.94. The molecule has 2 heterocycles. The van der Waals surface area contributed by atoms with Crippen LogP contribution in [0.5, 0.6) is 5.75 Å². The molecule has 1 aromatic carbocycles. The molecule has 2 N–H and O–H groups in total. The standard InChI is InChI=1S/C19H20ClN5O4/c1-24-13-5-7-15(23-18(13)25(2)19(24)28)22-17(27)9-8-16(26)21-12-10-11(20)4-6-14(12)29-3/h4-7,10H,8-9H2,1-3H3,(H,21,26)(H,22,23,27). The van der Waals surface area contributed by atoms with Gasteiger partial charge in [0, 0.05) is 32.0 Å². The Morgan fingerprint density at radius 3 is 2.45 bits per heavy atom. The summed E-state index contributed by atoms with van der Waals surface area (Å²) in [5.74, 6) is 0.0550. The van der Waals surface area contributed by atoms with Crippen LogP contribution in [0.25, 0.3) is 11.2 Å². The minimum atomic E-state index is -0.369. The average Bonchev–Trinajstić information content (AvgIpc) is 2.90. The molecule has 3 aromatic rings. The third kappa shape index (κ3) is 4.40. The highest BCUT2D eigenvalue weighted by Gasteiger charge is 2.13. The number of hydrogen-bond donors (Lipinski definition) is 2. The highest BCUT2D eigenvalue weighted by atomic mass is 35.5. The van der Waals surface area contributed by atoms with E-state index in [9.17, 15) is 14.4 Å². The van der Waals surface area contributed by atoms with Gasteiger partial charge in [0.15, 0.2) is 5.65 Å². The van der Waals surface area contributed by atoms with Crippen LogP contribution in [0.15, 0.2) is 35.1 Å². The molecule has 0 saturated carbocycles. The lowest BCUT2D eigenvalue weighted by Crippen LogP contribution is -2.19. The van der Waals surface area contributed by atoms with Crippen molar-refractivity contribution in [2.75, 3.05) is 17.7 Å². The van der Waals surface area contributed by atoms with Crippen LogP contribution in [0.4, 0.5) is 11.5 Å². The first-order valence-electron chi connectivity index (χ1n) is 8.76. The number of carbonyl (C=O) groups is 2. The van der Waals surface area contributed by atoms with Gasteiger partial charge in [0.25, 0.3) is 0 Å². The molecule has 0 aliphatic heterocycles. The zero-order valence-electron chi connectivity index (χ0n) is 16.2. The number of fused-ring (bicyclic) bond motifs is 1. The molecule has 0 atom stereocenters. The molecule has 0 unspecified atom stereocenters. The summed E-state index contributed by atoms with van der Waals surface area (Å²) in [5, 5.41) is 5.77. The van der Waals surface area contributed by atoms with Crippen molar-refractivity contribution in [2.45, 2.75) is 12.8 Å². The normalized spacial score (nSPS) is 10.8. The number of imidazole rings is 1. The first-order chi connectivity index (χ1) is 13.8. The highest BCUT2D eigenvalue weighted by molar-refractivity contribution is 6.31. The Morgan fingerprint density at radius 2 is 1.76 bits per heavy atom. The Labute approximate surface area is 171 Å². The van der Waals surface area contributed by atoms with Gasteiger partial charge in [-0.15, -0.1) is 0 Å². The number of methoxy groups -OCH3 is 1. The lowest BCUT2D eigenvalue weighted by Gasteiger charge is -2.10. The molecular formula is C19H20ClN5O4. The summed E-state index contributed by atoms with van der Waals surface area (Å²) in [6.45, 7) is 0. The fourth-order valence-electron chi connectivity index (χ4n) is 2.86. The molecular weight excluding hydrogens is 398 g/mol. The molecule has 2 amide bonds. The number of amides is 2. The van der Waals surface area contributed by atoms with Gasteiger partial charge in [0.1, 0.15) is 11.6 Å². The van der Waals surface area contributed by atoms with Crippen LogP contribution in [0.2, 0.25) is 5.02 Å². The van der Waals surface area contributed by atoms with Crippen molar-refractivity contribution < 1.29 is 14.3 Å². The summed E-state index contributed by atoms with van der Waals surface area (Å²) in [6, 6.07) is 8.18. The maximum atomic E-state index is 12.2. The summed E-state index contributed by atoms with van der Waals surface area (Å²) in [6.07, 6.45) is -0.0737. The Balaban J connectivity index is 1.61. The number of anilines is 2. The van der Waals surface area contributed by atoms with E-state index < -0.39 is 0 Å². The van der Waals surface area contributed by atoms with Crippen molar-refractivity contribution in [2.24, 2.45) is 14.1 Å². The van der Waals surface area contributed by atoms with E-state index in [0.717, 1.165) is 0 Å². The maximum Gasteiger partial charge on any atom is 0.329 e. The SMILES string of the molecule is COc1ccc(Cl)cc1NC(=O)CCC(=O)Nc1ccc2c(n1)n(C)c(=O)n2C. The number of aromatic nitrogens is 3. The summed E-state index contributed by atoms with van der Waals surface area (Å²) < 4.78 is 8.05. The molecule has 0 radical (unpaired) electrons. The van der Waals surface area contributed by atoms with Crippen LogP contribution >= 0.6 is 11.6 Å². The van der Waals surface area contributed by atoms with Crippen LogP contribution in [-0.4, -0.2) is 33.0 Å². The van der Waals surface area contributed by atoms with E-state index in [1.807, 2.05) is 0 Å². The number of aryl methyl sites for hydroxylation is 2. The molecule has 29 heavy (non-hydrogen) atoms. The first kappa shape index (κ1) is 20.4. The summed E-state index contributed by atoms with van der Waals surface area (Å²) in [7, 11) is 4.74. The monoisotopic (exact) mass is 417 g/mol. The number of pyridine rings is 1. The van der Waals surface area contributed by atoms with Gasteiger partial charge in [-0.05, 0) is 30.3 Å². The molecule has 0 fully saturated rings. The number of carbonyl (C=O) groups excluding carboxylic acids is 2. The van der Waals surface area contributed by atoms with Gasteiger partial charge in [-0.25, -0.2) is 9.78 Å². The van der Waals surface area contributed by atoms with Crippen molar-refractivity contribution in [3.63, 3.8) is 0 Å². The van der Waals surface area contributed by atoms with Crippen molar-refractivity contribution in [1.82, 2.24) is 14.1 Å². The Kier molecular flexibility index (Phi) is 5.88. The first-order valence-corrected chi connectivity index (χ1v) is 9.13. The lowest BCUT2D eigenvalue weighted by atomic mass is 10.2. The van der Waals surface area contributed by atoms with Gasteiger partial charge < -0.3 is 15.4 Å². The van der Waals surface area contributed by atoms with Gasteiger partial charge in [-0.1, -0.05) is 11.6 Å². The van der Waals surface area contributed by atoms with E-state index in [4.69, 9.17) is 16.3 Å². The second-order valence-corrected chi connectivity index (χ2v) is 6.82. The van der Waals surface area contributed by atoms with Gasteiger partial charge in [-0.2, -0.15) is 0 Å². The van der Waals surface area contributed by atoms with Crippen LogP contribution < -0.4 is 21.1 Å². The third-order valence-electron chi connectivity index (χ3n) is 4.39. The quantitative estimate of drug-likeness (QED) is 0.639. The smallest absolute Gasteiger partial charge is 0.329 e.